The van der Waals surface area contributed by atoms with Gasteiger partial charge in [0.15, 0.2) is 6.23 Å². The fourth-order valence-corrected chi connectivity index (χ4v) is 6.34. The molecule has 8 nitrogen and oxygen atoms in total. The van der Waals surface area contributed by atoms with Crippen LogP contribution in [-0.2, 0) is 32.8 Å². The molecule has 37 heavy (non-hydrogen) atoms. The number of hydrogen-bond donors (Lipinski definition) is 2. The lowest BCUT2D eigenvalue weighted by Crippen LogP contribution is -2.59. The van der Waals surface area contributed by atoms with E-state index in [0.717, 1.165) is 48.1 Å². The third-order valence-corrected chi connectivity index (χ3v) is 8.72. The van der Waals surface area contributed by atoms with E-state index in [1.165, 1.54) is 0 Å². The van der Waals surface area contributed by atoms with Crippen LogP contribution in [-0.4, -0.2) is 54.0 Å². The molecule has 196 valence electrons. The van der Waals surface area contributed by atoms with Gasteiger partial charge >= 0.3 is 6.03 Å². The summed E-state index contributed by atoms with van der Waals surface area (Å²) >= 11 is 12.5. The summed E-state index contributed by atoms with van der Waals surface area (Å²) in [4.78, 5) is 29.4. The van der Waals surface area contributed by atoms with Gasteiger partial charge in [-0.1, -0.05) is 35.3 Å². The molecular weight excluding hydrogens is 515 g/mol. The molecule has 0 aromatic heterocycles. The Bertz CT molecular complexity index is 1250. The lowest BCUT2D eigenvalue weighted by Gasteiger charge is -2.41. The summed E-state index contributed by atoms with van der Waals surface area (Å²) in [5.41, 5.74) is 3.21. The van der Waals surface area contributed by atoms with E-state index in [2.05, 4.69) is 17.6 Å². The van der Waals surface area contributed by atoms with Crippen LogP contribution in [0.25, 0.3) is 0 Å². The lowest BCUT2D eigenvalue weighted by molar-refractivity contribution is -0.285. The maximum Gasteiger partial charge on any atom is 0.318 e. The SMILES string of the molecule is CNC(=O)Nc1ccc2c(c1)CC[C@@]21OC2OC1N2CC(=O)N(Cc1ccc(Cl)cc1Cl)[C@@H](C)C1CC1. The highest BCUT2D eigenvalue weighted by Gasteiger charge is 2.66. The van der Waals surface area contributed by atoms with Gasteiger partial charge in [-0.25, -0.2) is 9.69 Å². The molecule has 3 amide bonds. The number of amides is 3. The molecule has 2 N–H and O–H groups in total. The van der Waals surface area contributed by atoms with Crippen molar-refractivity contribution < 1.29 is 19.1 Å². The van der Waals surface area contributed by atoms with E-state index in [1.807, 2.05) is 34.1 Å². The fourth-order valence-electron chi connectivity index (χ4n) is 5.88. The van der Waals surface area contributed by atoms with Gasteiger partial charge in [-0.15, -0.1) is 0 Å². The second kappa shape index (κ2) is 9.43. The summed E-state index contributed by atoms with van der Waals surface area (Å²) < 4.78 is 12.5. The van der Waals surface area contributed by atoms with Crippen molar-refractivity contribution in [2.24, 2.45) is 5.92 Å². The van der Waals surface area contributed by atoms with Crippen LogP contribution < -0.4 is 10.6 Å². The molecule has 2 bridgehead atoms. The Morgan fingerprint density at radius 2 is 2.03 bits per heavy atom. The number of urea groups is 1. The van der Waals surface area contributed by atoms with Gasteiger partial charge < -0.3 is 25.0 Å². The summed E-state index contributed by atoms with van der Waals surface area (Å²) in [7, 11) is 1.58. The maximum atomic E-state index is 13.7. The van der Waals surface area contributed by atoms with Crippen molar-refractivity contribution in [2.45, 2.75) is 63.4 Å². The second-order valence-electron chi connectivity index (χ2n) is 10.4. The van der Waals surface area contributed by atoms with Crippen molar-refractivity contribution in [3.63, 3.8) is 0 Å². The minimum atomic E-state index is -0.599. The molecule has 3 saturated heterocycles. The number of carbonyl (C=O) groups is 2. The van der Waals surface area contributed by atoms with Crippen LogP contribution in [0.15, 0.2) is 36.4 Å². The van der Waals surface area contributed by atoms with E-state index in [0.29, 0.717) is 22.5 Å². The average molecular weight is 545 g/mol. The number of carbonyl (C=O) groups excluding carboxylic acids is 2. The Balaban J connectivity index is 1.18. The Morgan fingerprint density at radius 3 is 2.76 bits per heavy atom. The summed E-state index contributed by atoms with van der Waals surface area (Å²) in [5, 5.41) is 6.53. The number of halogens is 2. The number of benzene rings is 2. The summed E-state index contributed by atoms with van der Waals surface area (Å²) in [6.45, 7) is 2.77. The number of aryl methyl sites for hydroxylation is 1. The molecule has 2 aliphatic carbocycles. The monoisotopic (exact) mass is 544 g/mol. The molecule has 3 heterocycles. The Kier molecular flexibility index (Phi) is 6.36. The number of anilines is 1. The highest BCUT2D eigenvalue weighted by atomic mass is 35.5. The van der Waals surface area contributed by atoms with Crippen molar-refractivity contribution in [1.82, 2.24) is 15.1 Å². The Labute approximate surface area is 226 Å². The molecule has 0 radical (unpaired) electrons. The van der Waals surface area contributed by atoms with Gasteiger partial charge in [-0.2, -0.15) is 0 Å². The van der Waals surface area contributed by atoms with Crippen LogP contribution in [0.5, 0.6) is 0 Å². The molecule has 2 aromatic rings. The van der Waals surface area contributed by atoms with Crippen molar-refractivity contribution >= 4 is 40.8 Å². The fraction of sp³-hybridized carbons (Fsp3) is 0.481. The number of fused-ring (bicyclic) bond motifs is 1. The van der Waals surface area contributed by atoms with Gasteiger partial charge in [0.05, 0.1) is 6.54 Å². The van der Waals surface area contributed by atoms with Gasteiger partial charge in [0, 0.05) is 35.4 Å². The quantitative estimate of drug-likeness (QED) is 0.528. The molecule has 3 aliphatic heterocycles. The average Bonchev–Trinajstić information content (AvgIpc) is 3.49. The molecule has 4 atom stereocenters. The predicted molar refractivity (Wildman–Crippen MR) is 140 cm³/mol. The Hall–Kier alpha value is -2.36. The molecule has 1 saturated carbocycles. The molecule has 5 aliphatic rings. The normalized spacial score (nSPS) is 26.5. The van der Waals surface area contributed by atoms with E-state index in [1.54, 1.807) is 19.2 Å². The van der Waals surface area contributed by atoms with E-state index in [4.69, 9.17) is 32.7 Å². The third kappa shape index (κ3) is 4.38. The standard InChI is InChI=1S/C27H30Cl2N4O4/c1-15(16-3-4-16)32(13-18-5-6-19(28)12-22(18)29)23(34)14-33-24-27(37-26(33)36-24)10-9-17-11-20(7-8-21(17)27)31-25(35)30-2/h5-8,11-12,15-16,24,26H,3-4,9-10,13-14H2,1-2H3,(H2,30,31,35)/t15-,24?,26?,27+/m0/s1. The zero-order valence-corrected chi connectivity index (χ0v) is 22.3. The molecule has 7 rings (SSSR count). The first-order valence-electron chi connectivity index (χ1n) is 12.7. The molecule has 10 heteroatoms. The maximum absolute atomic E-state index is 13.7. The number of nitrogens with zero attached hydrogens (tertiary/aromatic N) is 2. The minimum Gasteiger partial charge on any atom is -0.341 e. The first kappa shape index (κ1) is 24.9. The number of rotatable bonds is 7. The van der Waals surface area contributed by atoms with Gasteiger partial charge in [0.2, 0.25) is 12.3 Å². The van der Waals surface area contributed by atoms with Crippen LogP contribution >= 0.6 is 23.2 Å². The van der Waals surface area contributed by atoms with E-state index >= 15 is 0 Å². The molecule has 2 unspecified atom stereocenters. The topological polar surface area (TPSA) is 83.1 Å². The zero-order chi connectivity index (χ0) is 25.9. The van der Waals surface area contributed by atoms with E-state index in [-0.39, 0.29) is 30.8 Å². The number of hydrogen-bond acceptors (Lipinski definition) is 5. The largest absolute Gasteiger partial charge is 0.341 e. The van der Waals surface area contributed by atoms with E-state index < -0.39 is 12.0 Å². The first-order chi connectivity index (χ1) is 17.8. The van der Waals surface area contributed by atoms with Crippen LogP contribution in [0, 0.1) is 5.92 Å². The number of nitrogens with one attached hydrogen (secondary N) is 2. The smallest absolute Gasteiger partial charge is 0.318 e. The first-order valence-corrected chi connectivity index (χ1v) is 13.5. The molecule has 4 fully saturated rings. The van der Waals surface area contributed by atoms with E-state index in [9.17, 15) is 9.59 Å². The molecule has 2 aromatic carbocycles. The summed E-state index contributed by atoms with van der Waals surface area (Å²) in [6.07, 6.45) is 2.99. The van der Waals surface area contributed by atoms with Crippen molar-refractivity contribution in [2.75, 3.05) is 18.9 Å². The van der Waals surface area contributed by atoms with Crippen LogP contribution in [0.1, 0.15) is 42.9 Å². The van der Waals surface area contributed by atoms with Crippen molar-refractivity contribution in [3.8, 4) is 0 Å². The van der Waals surface area contributed by atoms with Gasteiger partial charge in [0.25, 0.3) is 0 Å². The third-order valence-electron chi connectivity index (χ3n) is 8.13. The van der Waals surface area contributed by atoms with Crippen molar-refractivity contribution in [1.29, 1.82) is 0 Å². The summed E-state index contributed by atoms with van der Waals surface area (Å²) in [5.74, 6) is 0.550. The minimum absolute atomic E-state index is 0.0349. The summed E-state index contributed by atoms with van der Waals surface area (Å²) in [6, 6.07) is 11.1. The van der Waals surface area contributed by atoms with Gasteiger partial charge in [0.1, 0.15) is 5.60 Å². The number of ether oxygens (including phenoxy) is 2. The van der Waals surface area contributed by atoms with Crippen molar-refractivity contribution in [3.05, 3.63) is 63.1 Å². The predicted octanol–water partition coefficient (Wildman–Crippen LogP) is 4.69. The van der Waals surface area contributed by atoms with Gasteiger partial charge in [-0.3, -0.25) is 4.79 Å². The lowest BCUT2D eigenvalue weighted by atomic mass is 9.93. The van der Waals surface area contributed by atoms with Crippen LogP contribution in [0.2, 0.25) is 10.0 Å². The Morgan fingerprint density at radius 1 is 1.22 bits per heavy atom. The molecule has 1 spiro atoms. The zero-order valence-electron chi connectivity index (χ0n) is 20.8. The van der Waals surface area contributed by atoms with Crippen LogP contribution in [0.4, 0.5) is 10.5 Å². The second-order valence-corrected chi connectivity index (χ2v) is 11.2. The highest BCUT2D eigenvalue weighted by Crippen LogP contribution is 2.56. The van der Waals surface area contributed by atoms with Crippen LogP contribution in [0.3, 0.4) is 0 Å². The highest BCUT2D eigenvalue weighted by molar-refractivity contribution is 6.35. The molecular formula is C27H30Cl2N4O4. The van der Waals surface area contributed by atoms with Gasteiger partial charge in [-0.05, 0) is 79.5 Å².